The maximum atomic E-state index is 12.7. The molecule has 0 saturated carbocycles. The molecule has 0 spiro atoms. The zero-order chi connectivity index (χ0) is 22.0. The number of carboxylic acid groups (broad SMARTS) is 1. The Balaban J connectivity index is 2.83. The van der Waals surface area contributed by atoms with Gasteiger partial charge in [-0.05, 0) is 19.8 Å². The first-order valence-electron chi connectivity index (χ1n) is 8.91. The minimum atomic E-state index is -1.25. The van der Waals surface area contributed by atoms with E-state index in [0.717, 1.165) is 0 Å². The Bertz CT molecular complexity index is 702. The lowest BCUT2D eigenvalue weighted by Gasteiger charge is -2.23. The van der Waals surface area contributed by atoms with Gasteiger partial charge in [0, 0.05) is 24.9 Å². The molecule has 0 radical (unpaired) electrons. The molecular weight excluding hydrogens is 384 g/mol. The molecule has 1 aromatic heterocycles. The summed E-state index contributed by atoms with van der Waals surface area (Å²) in [6.07, 6.45) is 2.15. The molecule has 13 nitrogen and oxygen atoms in total. The molecule has 4 unspecified atom stereocenters. The molecule has 1 heterocycles. The lowest BCUT2D eigenvalue weighted by Crippen LogP contribution is -2.57. The van der Waals surface area contributed by atoms with Gasteiger partial charge in [0.25, 0.3) is 0 Å². The van der Waals surface area contributed by atoms with Crippen molar-refractivity contribution in [2.45, 2.75) is 50.4 Å². The first-order valence-corrected chi connectivity index (χ1v) is 8.91. The third-order valence-electron chi connectivity index (χ3n) is 3.99. The number of rotatable bonds is 12. The number of aliphatic hydroxyl groups excluding tert-OH is 1. The molecule has 0 aliphatic carbocycles. The van der Waals surface area contributed by atoms with Crippen LogP contribution >= 0.6 is 0 Å². The van der Waals surface area contributed by atoms with Gasteiger partial charge in [-0.1, -0.05) is 0 Å². The summed E-state index contributed by atoms with van der Waals surface area (Å²) in [5, 5.41) is 23.6. The Hall–Kier alpha value is -3.19. The van der Waals surface area contributed by atoms with E-state index >= 15 is 0 Å². The minimum absolute atomic E-state index is 0.0183. The van der Waals surface area contributed by atoms with Crippen molar-refractivity contribution in [1.29, 1.82) is 0 Å². The van der Waals surface area contributed by atoms with E-state index in [0.29, 0.717) is 12.1 Å². The van der Waals surface area contributed by atoms with Crippen LogP contribution in [0.2, 0.25) is 0 Å². The van der Waals surface area contributed by atoms with E-state index < -0.39 is 42.0 Å². The number of aromatic nitrogens is 2. The Morgan fingerprint density at radius 3 is 2.41 bits per heavy atom. The number of hydrogen-bond acceptors (Lipinski definition) is 7. The molecule has 0 aliphatic rings. The zero-order valence-electron chi connectivity index (χ0n) is 16.0. The van der Waals surface area contributed by atoms with Crippen molar-refractivity contribution in [3.8, 4) is 0 Å². The average molecular weight is 412 g/mol. The van der Waals surface area contributed by atoms with Crippen molar-refractivity contribution in [2.24, 2.45) is 22.2 Å². The van der Waals surface area contributed by atoms with Crippen LogP contribution in [0, 0.1) is 0 Å². The van der Waals surface area contributed by atoms with Crippen LogP contribution in [0.3, 0.4) is 0 Å². The standard InChI is InChI=1S/C16H28N8O5/c1-8(25)12(17)14(27)24-11(5-9-6-20-7-22-9)13(26)23-10(15(28)29)3-2-4-21-16(18)19/h6-8,10-12,25H,2-5,17H2,1H3,(H,20,22)(H,23,26)(H,24,27)(H,28,29)(H4,18,19,21). The number of guanidine groups is 1. The van der Waals surface area contributed by atoms with Crippen molar-refractivity contribution in [2.75, 3.05) is 6.54 Å². The molecule has 0 saturated heterocycles. The average Bonchev–Trinajstić information content (AvgIpc) is 3.15. The number of aromatic amines is 1. The Morgan fingerprint density at radius 2 is 1.90 bits per heavy atom. The molecule has 1 aromatic rings. The summed E-state index contributed by atoms with van der Waals surface area (Å²) in [5.74, 6) is -2.83. The number of imidazole rings is 1. The molecule has 11 N–H and O–H groups in total. The van der Waals surface area contributed by atoms with Gasteiger partial charge in [0.1, 0.15) is 18.1 Å². The van der Waals surface area contributed by atoms with E-state index in [1.807, 2.05) is 0 Å². The van der Waals surface area contributed by atoms with Gasteiger partial charge in [0.15, 0.2) is 5.96 Å². The third kappa shape index (κ3) is 8.57. The molecule has 29 heavy (non-hydrogen) atoms. The van der Waals surface area contributed by atoms with E-state index in [1.54, 1.807) is 0 Å². The zero-order valence-corrected chi connectivity index (χ0v) is 16.0. The van der Waals surface area contributed by atoms with E-state index in [1.165, 1.54) is 19.4 Å². The second-order valence-corrected chi connectivity index (χ2v) is 6.46. The van der Waals surface area contributed by atoms with Crippen LogP contribution in [-0.2, 0) is 20.8 Å². The molecule has 0 fully saturated rings. The summed E-state index contributed by atoms with van der Waals surface area (Å²) in [5.41, 5.74) is 16.6. The molecule has 4 atom stereocenters. The monoisotopic (exact) mass is 412 g/mol. The van der Waals surface area contributed by atoms with Crippen molar-refractivity contribution >= 4 is 23.7 Å². The van der Waals surface area contributed by atoms with Crippen molar-refractivity contribution in [3.63, 3.8) is 0 Å². The molecule has 2 amide bonds. The van der Waals surface area contributed by atoms with E-state index in [9.17, 15) is 24.6 Å². The summed E-state index contributed by atoms with van der Waals surface area (Å²) in [4.78, 5) is 46.7. The predicted octanol–water partition coefficient (Wildman–Crippen LogP) is -3.23. The van der Waals surface area contributed by atoms with E-state index in [4.69, 9.17) is 17.2 Å². The summed E-state index contributed by atoms with van der Waals surface area (Å²) in [7, 11) is 0. The van der Waals surface area contributed by atoms with Gasteiger partial charge in [0.2, 0.25) is 11.8 Å². The molecular formula is C16H28N8O5. The fourth-order valence-corrected chi connectivity index (χ4v) is 2.35. The smallest absolute Gasteiger partial charge is 0.326 e. The van der Waals surface area contributed by atoms with E-state index in [2.05, 4.69) is 25.6 Å². The highest BCUT2D eigenvalue weighted by atomic mass is 16.4. The number of nitrogens with zero attached hydrogens (tertiary/aromatic N) is 2. The summed E-state index contributed by atoms with van der Waals surface area (Å²) in [6, 6.07) is -3.59. The number of carbonyl (C=O) groups is 3. The topological polar surface area (TPSA) is 235 Å². The van der Waals surface area contributed by atoms with Crippen LogP contribution < -0.4 is 27.8 Å². The van der Waals surface area contributed by atoms with Crippen LogP contribution in [-0.4, -0.2) is 74.7 Å². The van der Waals surface area contributed by atoms with Crippen LogP contribution in [0.1, 0.15) is 25.5 Å². The Kier molecular flexibility index (Phi) is 9.55. The second-order valence-electron chi connectivity index (χ2n) is 6.46. The van der Waals surface area contributed by atoms with Crippen LogP contribution in [0.25, 0.3) is 0 Å². The number of carboxylic acids is 1. The lowest BCUT2D eigenvalue weighted by molar-refractivity contribution is -0.142. The highest BCUT2D eigenvalue weighted by Gasteiger charge is 2.29. The lowest BCUT2D eigenvalue weighted by atomic mass is 10.1. The van der Waals surface area contributed by atoms with Crippen LogP contribution in [0.5, 0.6) is 0 Å². The molecule has 1 rings (SSSR count). The second kappa shape index (κ2) is 11.6. The van der Waals surface area contributed by atoms with Gasteiger partial charge in [-0.15, -0.1) is 0 Å². The molecule has 0 aromatic carbocycles. The minimum Gasteiger partial charge on any atom is -0.480 e. The number of aliphatic carboxylic acids is 1. The van der Waals surface area contributed by atoms with Gasteiger partial charge in [-0.25, -0.2) is 9.78 Å². The van der Waals surface area contributed by atoms with Crippen molar-refractivity contribution in [3.05, 3.63) is 18.2 Å². The Labute approximate surface area is 167 Å². The Morgan fingerprint density at radius 1 is 1.24 bits per heavy atom. The maximum absolute atomic E-state index is 12.7. The number of nitrogens with two attached hydrogens (primary N) is 3. The van der Waals surface area contributed by atoms with Gasteiger partial charge in [-0.2, -0.15) is 0 Å². The quantitative estimate of drug-likeness (QED) is 0.0976. The molecule has 13 heteroatoms. The summed E-state index contributed by atoms with van der Waals surface area (Å²) in [6.45, 7) is 1.55. The van der Waals surface area contributed by atoms with Gasteiger partial charge in [-0.3, -0.25) is 14.6 Å². The number of H-pyrrole nitrogens is 1. The highest BCUT2D eigenvalue weighted by molar-refractivity contribution is 5.92. The summed E-state index contributed by atoms with van der Waals surface area (Å²) < 4.78 is 0. The first kappa shape index (κ1) is 23.8. The normalized spacial score (nSPS) is 14.9. The number of amides is 2. The number of aliphatic imine (C=N–C) groups is 1. The van der Waals surface area contributed by atoms with Crippen LogP contribution in [0.15, 0.2) is 17.5 Å². The predicted molar refractivity (Wildman–Crippen MR) is 103 cm³/mol. The third-order valence-corrected chi connectivity index (χ3v) is 3.99. The molecule has 0 aliphatic heterocycles. The van der Waals surface area contributed by atoms with Gasteiger partial charge in [0.05, 0.1) is 12.4 Å². The molecule has 162 valence electrons. The van der Waals surface area contributed by atoms with Gasteiger partial charge >= 0.3 is 5.97 Å². The fraction of sp³-hybridized carbons (Fsp3) is 0.562. The maximum Gasteiger partial charge on any atom is 0.326 e. The number of carbonyl (C=O) groups excluding carboxylic acids is 2. The SMILES string of the molecule is CC(O)C(N)C(=O)NC(Cc1cnc[nH]1)C(=O)NC(CCCN=C(N)N)C(=O)O. The van der Waals surface area contributed by atoms with Crippen molar-refractivity contribution < 1.29 is 24.6 Å². The first-order chi connectivity index (χ1) is 13.6. The fourth-order valence-electron chi connectivity index (χ4n) is 2.35. The van der Waals surface area contributed by atoms with Crippen LogP contribution in [0.4, 0.5) is 0 Å². The molecule has 0 bridgehead atoms. The highest BCUT2D eigenvalue weighted by Crippen LogP contribution is 2.04. The number of aliphatic hydroxyl groups is 1. The van der Waals surface area contributed by atoms with E-state index in [-0.39, 0.29) is 25.3 Å². The number of nitrogens with one attached hydrogen (secondary N) is 3. The largest absolute Gasteiger partial charge is 0.480 e. The summed E-state index contributed by atoms with van der Waals surface area (Å²) >= 11 is 0. The van der Waals surface area contributed by atoms with Gasteiger partial charge < -0.3 is 43.0 Å². The number of hydrogen-bond donors (Lipinski definition) is 8. The van der Waals surface area contributed by atoms with Crippen molar-refractivity contribution in [1.82, 2.24) is 20.6 Å².